The lowest BCUT2D eigenvalue weighted by Crippen LogP contribution is -2.14. The summed E-state index contributed by atoms with van der Waals surface area (Å²) in [7, 11) is -2.20. The monoisotopic (exact) mass is 321 g/mol. The lowest BCUT2D eigenvalue weighted by atomic mass is 10.6. The molecular formula is C9H9Cl2N5O2S. The van der Waals surface area contributed by atoms with Gasteiger partial charge in [-0.15, -0.1) is 0 Å². The molecule has 2 heterocycles. The van der Waals surface area contributed by atoms with Gasteiger partial charge in [0.25, 0.3) is 10.0 Å². The molecule has 2 aromatic heterocycles. The molecule has 0 aliphatic heterocycles. The van der Waals surface area contributed by atoms with Crippen LogP contribution in [0.3, 0.4) is 0 Å². The molecule has 0 radical (unpaired) electrons. The SMILES string of the molecule is Cc1nc(S(=O)(=O)Nc2c(Cl)ncnc2Cl)cn1C. The number of rotatable bonds is 3. The van der Waals surface area contributed by atoms with E-state index in [1.54, 1.807) is 18.5 Å². The molecule has 0 aliphatic carbocycles. The van der Waals surface area contributed by atoms with E-state index in [2.05, 4.69) is 19.7 Å². The van der Waals surface area contributed by atoms with Crippen molar-refractivity contribution in [3.8, 4) is 0 Å². The van der Waals surface area contributed by atoms with Gasteiger partial charge in [0.15, 0.2) is 15.3 Å². The Balaban J connectivity index is 2.42. The lowest BCUT2D eigenvalue weighted by Gasteiger charge is -2.07. The quantitative estimate of drug-likeness (QED) is 0.868. The van der Waals surface area contributed by atoms with E-state index in [4.69, 9.17) is 23.2 Å². The van der Waals surface area contributed by atoms with Crippen molar-refractivity contribution in [2.75, 3.05) is 4.72 Å². The van der Waals surface area contributed by atoms with Crippen molar-refractivity contribution in [1.82, 2.24) is 19.5 Å². The van der Waals surface area contributed by atoms with Crippen molar-refractivity contribution in [2.24, 2.45) is 7.05 Å². The van der Waals surface area contributed by atoms with Crippen LogP contribution < -0.4 is 4.72 Å². The van der Waals surface area contributed by atoms with E-state index < -0.39 is 10.0 Å². The maximum absolute atomic E-state index is 12.1. The van der Waals surface area contributed by atoms with Crippen LogP contribution in [0, 0.1) is 6.92 Å². The number of sulfonamides is 1. The summed E-state index contributed by atoms with van der Waals surface area (Å²) in [4.78, 5) is 11.2. The van der Waals surface area contributed by atoms with Crippen molar-refractivity contribution in [1.29, 1.82) is 0 Å². The van der Waals surface area contributed by atoms with Gasteiger partial charge < -0.3 is 4.57 Å². The van der Waals surface area contributed by atoms with Crippen molar-refractivity contribution in [3.63, 3.8) is 0 Å². The van der Waals surface area contributed by atoms with Crippen LogP contribution in [0.1, 0.15) is 5.82 Å². The van der Waals surface area contributed by atoms with Gasteiger partial charge >= 0.3 is 0 Å². The average molecular weight is 322 g/mol. The summed E-state index contributed by atoms with van der Waals surface area (Å²) < 4.78 is 28.0. The molecule has 0 spiro atoms. The summed E-state index contributed by atoms with van der Waals surface area (Å²) >= 11 is 11.5. The topological polar surface area (TPSA) is 89.8 Å². The fourth-order valence-corrected chi connectivity index (χ4v) is 2.91. The minimum absolute atomic E-state index is 0.0749. The van der Waals surface area contributed by atoms with Crippen LogP contribution in [0.4, 0.5) is 5.69 Å². The Morgan fingerprint density at radius 3 is 2.32 bits per heavy atom. The number of nitrogens with zero attached hydrogens (tertiary/aromatic N) is 4. The van der Waals surface area contributed by atoms with E-state index in [-0.39, 0.29) is 21.0 Å². The first kappa shape index (κ1) is 14.0. The van der Waals surface area contributed by atoms with E-state index in [1.807, 2.05) is 0 Å². The molecule has 0 unspecified atom stereocenters. The normalized spacial score (nSPS) is 11.6. The molecule has 2 rings (SSSR count). The average Bonchev–Trinajstić information content (AvgIpc) is 2.66. The highest BCUT2D eigenvalue weighted by atomic mass is 35.5. The Bertz CT molecular complexity index is 688. The molecule has 0 fully saturated rings. The summed E-state index contributed by atoms with van der Waals surface area (Å²) in [6, 6.07) is 0. The Kier molecular flexibility index (Phi) is 3.66. The molecule has 0 amide bonds. The Hall–Kier alpha value is -1.38. The first-order valence-corrected chi connectivity index (χ1v) is 7.24. The molecular weight excluding hydrogens is 313 g/mol. The minimum atomic E-state index is -3.89. The van der Waals surface area contributed by atoms with E-state index >= 15 is 0 Å². The second kappa shape index (κ2) is 4.95. The smallest absolute Gasteiger partial charge is 0.281 e. The van der Waals surface area contributed by atoms with E-state index in [0.29, 0.717) is 5.82 Å². The minimum Gasteiger partial charge on any atom is -0.337 e. The van der Waals surface area contributed by atoms with E-state index in [0.717, 1.165) is 6.33 Å². The first-order valence-electron chi connectivity index (χ1n) is 5.00. The van der Waals surface area contributed by atoms with Crippen LogP contribution in [-0.4, -0.2) is 27.9 Å². The number of hydrogen-bond donors (Lipinski definition) is 1. The third-order valence-electron chi connectivity index (χ3n) is 2.35. The highest BCUT2D eigenvalue weighted by Gasteiger charge is 2.22. The number of aromatic nitrogens is 4. The van der Waals surface area contributed by atoms with Crippen LogP contribution in [-0.2, 0) is 17.1 Å². The van der Waals surface area contributed by atoms with Gasteiger partial charge in [-0.1, -0.05) is 23.2 Å². The number of aryl methyl sites for hydroxylation is 2. The molecule has 1 N–H and O–H groups in total. The molecule has 0 saturated heterocycles. The molecule has 0 bridgehead atoms. The fraction of sp³-hybridized carbons (Fsp3) is 0.222. The molecule has 0 atom stereocenters. The summed E-state index contributed by atoms with van der Waals surface area (Å²) in [5, 5.41) is -0.309. The Morgan fingerprint density at radius 1 is 1.26 bits per heavy atom. The van der Waals surface area contributed by atoms with Crippen LogP contribution in [0.25, 0.3) is 0 Å². The highest BCUT2D eigenvalue weighted by Crippen LogP contribution is 2.28. The predicted molar refractivity (Wildman–Crippen MR) is 70.8 cm³/mol. The van der Waals surface area contributed by atoms with Crippen LogP contribution >= 0.6 is 23.2 Å². The maximum atomic E-state index is 12.1. The van der Waals surface area contributed by atoms with Crippen molar-refractivity contribution in [3.05, 3.63) is 28.7 Å². The van der Waals surface area contributed by atoms with Crippen LogP contribution in [0.5, 0.6) is 0 Å². The summed E-state index contributed by atoms with van der Waals surface area (Å²) in [5.41, 5.74) is -0.0749. The largest absolute Gasteiger partial charge is 0.337 e. The van der Waals surface area contributed by atoms with Gasteiger partial charge in [-0.2, -0.15) is 8.42 Å². The molecule has 10 heteroatoms. The van der Waals surface area contributed by atoms with Gasteiger partial charge in [0.1, 0.15) is 17.8 Å². The molecule has 0 aliphatic rings. The second-order valence-corrected chi connectivity index (χ2v) is 6.02. The summed E-state index contributed by atoms with van der Waals surface area (Å²) in [5.74, 6) is 0.557. The van der Waals surface area contributed by atoms with Gasteiger partial charge in [0.05, 0.1) is 0 Å². The Morgan fingerprint density at radius 2 is 1.84 bits per heavy atom. The van der Waals surface area contributed by atoms with Crippen molar-refractivity contribution < 1.29 is 8.42 Å². The van der Waals surface area contributed by atoms with E-state index in [9.17, 15) is 8.42 Å². The Labute approximate surface area is 119 Å². The summed E-state index contributed by atoms with van der Waals surface area (Å²) in [6.45, 7) is 1.69. The van der Waals surface area contributed by atoms with Gasteiger partial charge in [0, 0.05) is 13.2 Å². The van der Waals surface area contributed by atoms with Gasteiger partial charge in [0.2, 0.25) is 0 Å². The zero-order valence-electron chi connectivity index (χ0n) is 9.92. The van der Waals surface area contributed by atoms with Gasteiger partial charge in [-0.25, -0.2) is 15.0 Å². The second-order valence-electron chi connectivity index (χ2n) is 3.67. The van der Waals surface area contributed by atoms with Crippen molar-refractivity contribution in [2.45, 2.75) is 11.9 Å². The number of anilines is 1. The lowest BCUT2D eigenvalue weighted by molar-refractivity contribution is 0.598. The zero-order valence-corrected chi connectivity index (χ0v) is 12.3. The third kappa shape index (κ3) is 2.80. The van der Waals surface area contributed by atoms with E-state index in [1.165, 1.54) is 6.20 Å². The molecule has 0 aromatic carbocycles. The fourth-order valence-electron chi connectivity index (χ4n) is 1.27. The number of hydrogen-bond acceptors (Lipinski definition) is 5. The molecule has 0 saturated carbocycles. The molecule has 19 heavy (non-hydrogen) atoms. The number of halogens is 2. The molecule has 102 valence electrons. The number of nitrogens with one attached hydrogen (secondary N) is 1. The van der Waals surface area contributed by atoms with Crippen molar-refractivity contribution >= 4 is 38.9 Å². The number of imidazole rings is 1. The summed E-state index contributed by atoms with van der Waals surface area (Å²) in [6.07, 6.45) is 2.51. The third-order valence-corrected chi connectivity index (χ3v) is 4.15. The van der Waals surface area contributed by atoms with Crippen LogP contribution in [0.15, 0.2) is 17.6 Å². The molecule has 2 aromatic rings. The van der Waals surface area contributed by atoms with Crippen LogP contribution in [0.2, 0.25) is 10.3 Å². The van der Waals surface area contributed by atoms with Gasteiger partial charge in [-0.3, -0.25) is 4.72 Å². The first-order chi connectivity index (χ1) is 8.81. The molecule has 7 nitrogen and oxygen atoms in total. The standard InChI is InChI=1S/C9H9Cl2N5O2S/c1-5-14-6(3-16(5)2)19(17,18)15-7-8(10)12-4-13-9(7)11/h3-4,15H,1-2H3. The predicted octanol–water partition coefficient (Wildman–Crippen LogP) is 1.63. The zero-order chi connectivity index (χ0) is 14.2. The van der Waals surface area contributed by atoms with Gasteiger partial charge in [-0.05, 0) is 6.92 Å². The maximum Gasteiger partial charge on any atom is 0.281 e. The highest BCUT2D eigenvalue weighted by molar-refractivity contribution is 7.92.